The van der Waals surface area contributed by atoms with Gasteiger partial charge in [-0.2, -0.15) is 0 Å². The monoisotopic (exact) mass is 424 g/mol. The van der Waals surface area contributed by atoms with Crippen molar-refractivity contribution in [2.24, 2.45) is 17.3 Å². The van der Waals surface area contributed by atoms with Crippen LogP contribution in [0.1, 0.15) is 70.9 Å². The van der Waals surface area contributed by atoms with Gasteiger partial charge in [0, 0.05) is 17.5 Å². The highest BCUT2D eigenvalue weighted by atomic mass is 16.5. The minimum absolute atomic E-state index is 0.133. The van der Waals surface area contributed by atoms with Crippen LogP contribution in [0.15, 0.2) is 30.3 Å². The minimum Gasteiger partial charge on any atom is -0.481 e. The third kappa shape index (κ3) is 5.03. The lowest BCUT2D eigenvalue weighted by molar-refractivity contribution is -0.144. The van der Waals surface area contributed by atoms with Gasteiger partial charge in [0.15, 0.2) is 0 Å². The number of carboxylic acid groups (broad SMARTS) is 1. The van der Waals surface area contributed by atoms with Gasteiger partial charge < -0.3 is 9.84 Å². The van der Waals surface area contributed by atoms with E-state index < -0.39 is 5.97 Å². The van der Waals surface area contributed by atoms with E-state index in [1.54, 1.807) is 0 Å². The van der Waals surface area contributed by atoms with Crippen molar-refractivity contribution < 1.29 is 14.6 Å². The van der Waals surface area contributed by atoms with E-state index in [4.69, 9.17) is 9.72 Å². The van der Waals surface area contributed by atoms with E-state index in [-0.39, 0.29) is 18.1 Å². The number of aliphatic carboxylic acids is 1. The highest BCUT2D eigenvalue weighted by Crippen LogP contribution is 2.39. The van der Waals surface area contributed by atoms with Crippen molar-refractivity contribution in [3.8, 4) is 5.88 Å². The van der Waals surface area contributed by atoms with Crippen molar-refractivity contribution in [2.75, 3.05) is 13.6 Å². The minimum atomic E-state index is -0.682. The van der Waals surface area contributed by atoms with E-state index >= 15 is 0 Å². The van der Waals surface area contributed by atoms with Crippen molar-refractivity contribution in [2.45, 2.75) is 71.4 Å². The molecule has 1 saturated carbocycles. The van der Waals surface area contributed by atoms with Gasteiger partial charge in [0.25, 0.3) is 0 Å². The zero-order chi connectivity index (χ0) is 22.2. The SMILES string of the molecule is CN1CCC(C(=O)O)CC1c1ccc2nc(O[C@H]3CC[C@H](C(C)(C)C)CC3)ccc2c1. The summed E-state index contributed by atoms with van der Waals surface area (Å²) in [7, 11) is 2.08. The van der Waals surface area contributed by atoms with Crippen LogP contribution in [-0.4, -0.2) is 40.7 Å². The fourth-order valence-corrected chi connectivity index (χ4v) is 5.31. The lowest BCUT2D eigenvalue weighted by atomic mass is 9.72. The normalized spacial score (nSPS) is 27.9. The number of aromatic nitrogens is 1. The molecule has 2 unspecified atom stereocenters. The number of nitrogens with zero attached hydrogens (tertiary/aromatic N) is 2. The van der Waals surface area contributed by atoms with E-state index in [9.17, 15) is 9.90 Å². The molecule has 1 aromatic carbocycles. The molecule has 2 aromatic rings. The van der Waals surface area contributed by atoms with Crippen LogP contribution in [0.3, 0.4) is 0 Å². The average Bonchev–Trinajstić information content (AvgIpc) is 2.73. The van der Waals surface area contributed by atoms with Crippen LogP contribution in [0.4, 0.5) is 0 Å². The summed E-state index contributed by atoms with van der Waals surface area (Å²) in [6.45, 7) is 7.82. The van der Waals surface area contributed by atoms with E-state index in [2.05, 4.69) is 50.9 Å². The van der Waals surface area contributed by atoms with Gasteiger partial charge in [0.2, 0.25) is 5.88 Å². The molecule has 31 heavy (non-hydrogen) atoms. The maximum absolute atomic E-state index is 11.5. The lowest BCUT2D eigenvalue weighted by Crippen LogP contribution is -2.36. The maximum atomic E-state index is 11.5. The van der Waals surface area contributed by atoms with Crippen LogP contribution in [0.5, 0.6) is 5.88 Å². The van der Waals surface area contributed by atoms with Crippen molar-refractivity contribution in [1.82, 2.24) is 9.88 Å². The highest BCUT2D eigenvalue weighted by molar-refractivity contribution is 5.80. The summed E-state index contributed by atoms with van der Waals surface area (Å²) < 4.78 is 6.24. The molecule has 168 valence electrons. The Kier molecular flexibility index (Phi) is 6.25. The number of likely N-dealkylation sites (tertiary alicyclic amines) is 1. The lowest BCUT2D eigenvalue weighted by Gasteiger charge is -2.36. The highest BCUT2D eigenvalue weighted by Gasteiger charge is 2.32. The van der Waals surface area contributed by atoms with E-state index in [1.165, 1.54) is 12.8 Å². The molecule has 1 aliphatic heterocycles. The molecule has 2 aliphatic rings. The van der Waals surface area contributed by atoms with Crippen LogP contribution >= 0.6 is 0 Å². The Morgan fingerprint density at radius 3 is 2.52 bits per heavy atom. The zero-order valence-electron chi connectivity index (χ0n) is 19.3. The summed E-state index contributed by atoms with van der Waals surface area (Å²) >= 11 is 0. The van der Waals surface area contributed by atoms with Crippen molar-refractivity contribution in [1.29, 1.82) is 0 Å². The molecule has 5 nitrogen and oxygen atoms in total. The van der Waals surface area contributed by atoms with Gasteiger partial charge in [-0.05, 0) is 87.2 Å². The molecular formula is C26H36N2O3. The Balaban J connectivity index is 1.44. The number of pyridine rings is 1. The van der Waals surface area contributed by atoms with Crippen LogP contribution in [0, 0.1) is 17.3 Å². The number of carbonyl (C=O) groups is 1. The largest absolute Gasteiger partial charge is 0.481 e. The Bertz CT molecular complexity index is 928. The zero-order valence-corrected chi connectivity index (χ0v) is 19.3. The molecule has 1 aliphatic carbocycles. The van der Waals surface area contributed by atoms with Crippen LogP contribution < -0.4 is 4.74 Å². The first-order chi connectivity index (χ1) is 14.7. The van der Waals surface area contributed by atoms with Gasteiger partial charge in [0.05, 0.1) is 11.4 Å². The summed E-state index contributed by atoms with van der Waals surface area (Å²) in [5, 5.41) is 10.5. The molecule has 0 bridgehead atoms. The first-order valence-corrected chi connectivity index (χ1v) is 11.7. The number of hydrogen-bond acceptors (Lipinski definition) is 4. The smallest absolute Gasteiger partial charge is 0.306 e. The predicted molar refractivity (Wildman–Crippen MR) is 123 cm³/mol. The molecular weight excluding hydrogens is 388 g/mol. The Labute approximate surface area is 185 Å². The van der Waals surface area contributed by atoms with Crippen molar-refractivity contribution in [3.63, 3.8) is 0 Å². The average molecular weight is 425 g/mol. The Morgan fingerprint density at radius 2 is 1.84 bits per heavy atom. The Morgan fingerprint density at radius 1 is 1.10 bits per heavy atom. The van der Waals surface area contributed by atoms with Gasteiger partial charge in [-0.1, -0.05) is 26.8 Å². The summed E-state index contributed by atoms with van der Waals surface area (Å²) in [5.74, 6) is 0.534. The summed E-state index contributed by atoms with van der Waals surface area (Å²) in [6, 6.07) is 10.5. The molecule has 1 N–H and O–H groups in total. The number of piperidine rings is 1. The quantitative estimate of drug-likeness (QED) is 0.683. The van der Waals surface area contributed by atoms with Gasteiger partial charge in [0.1, 0.15) is 6.10 Å². The molecule has 1 aromatic heterocycles. The second kappa shape index (κ2) is 8.78. The van der Waals surface area contributed by atoms with E-state index in [0.29, 0.717) is 17.7 Å². The number of fused-ring (bicyclic) bond motifs is 1. The summed E-state index contributed by atoms with van der Waals surface area (Å²) in [4.78, 5) is 18.5. The predicted octanol–water partition coefficient (Wildman–Crippen LogP) is 5.69. The topological polar surface area (TPSA) is 62.7 Å². The number of carboxylic acids is 1. The first kappa shape index (κ1) is 22.1. The molecule has 2 atom stereocenters. The van der Waals surface area contributed by atoms with Crippen LogP contribution in [0.2, 0.25) is 0 Å². The summed E-state index contributed by atoms with van der Waals surface area (Å²) in [5.41, 5.74) is 2.47. The van der Waals surface area contributed by atoms with Gasteiger partial charge >= 0.3 is 5.97 Å². The number of rotatable bonds is 4. The standard InChI is InChI=1S/C26H36N2O3/c1-26(2,3)20-7-9-21(10-8-20)31-24-12-6-17-15-18(5-11-22(17)27-24)23-16-19(25(29)30)13-14-28(23)4/h5-6,11-12,15,19-21,23H,7-10,13-14,16H2,1-4H3,(H,29,30)/t19?,20-,21-,23?. The van der Waals surface area contributed by atoms with E-state index in [1.807, 2.05) is 12.1 Å². The maximum Gasteiger partial charge on any atom is 0.306 e. The molecule has 0 spiro atoms. The van der Waals surface area contributed by atoms with Gasteiger partial charge in [-0.25, -0.2) is 4.98 Å². The Hall–Kier alpha value is -2.14. The van der Waals surface area contributed by atoms with Crippen molar-refractivity contribution >= 4 is 16.9 Å². The number of benzene rings is 1. The van der Waals surface area contributed by atoms with E-state index in [0.717, 1.165) is 48.2 Å². The molecule has 4 rings (SSSR count). The van der Waals surface area contributed by atoms with Gasteiger partial charge in [-0.3, -0.25) is 9.69 Å². The fraction of sp³-hybridized carbons (Fsp3) is 0.615. The molecule has 1 saturated heterocycles. The third-order valence-electron chi connectivity index (χ3n) is 7.48. The summed E-state index contributed by atoms with van der Waals surface area (Å²) in [6.07, 6.45) is 6.26. The number of hydrogen-bond donors (Lipinski definition) is 1. The molecule has 2 fully saturated rings. The first-order valence-electron chi connectivity index (χ1n) is 11.7. The van der Waals surface area contributed by atoms with Crippen LogP contribution in [-0.2, 0) is 4.79 Å². The van der Waals surface area contributed by atoms with Crippen molar-refractivity contribution in [3.05, 3.63) is 35.9 Å². The number of ether oxygens (including phenoxy) is 1. The fourth-order valence-electron chi connectivity index (χ4n) is 5.31. The molecule has 5 heteroatoms. The van der Waals surface area contributed by atoms with Gasteiger partial charge in [-0.15, -0.1) is 0 Å². The second-order valence-corrected chi connectivity index (χ2v) is 10.6. The molecule has 0 amide bonds. The molecule has 2 heterocycles. The molecule has 0 radical (unpaired) electrons. The second-order valence-electron chi connectivity index (χ2n) is 10.6. The van der Waals surface area contributed by atoms with Crippen LogP contribution in [0.25, 0.3) is 10.9 Å². The third-order valence-corrected chi connectivity index (χ3v) is 7.48.